The third kappa shape index (κ3) is 4.41. The number of rotatable bonds is 6. The van der Waals surface area contributed by atoms with Gasteiger partial charge in [-0.25, -0.2) is 0 Å². The van der Waals surface area contributed by atoms with Crippen molar-refractivity contribution in [2.45, 2.75) is 25.0 Å². The van der Waals surface area contributed by atoms with E-state index in [1.807, 2.05) is 6.07 Å². The molecule has 2 aliphatic rings. The van der Waals surface area contributed by atoms with E-state index in [0.29, 0.717) is 29.6 Å². The van der Waals surface area contributed by atoms with Gasteiger partial charge in [0, 0.05) is 25.2 Å². The molecule has 2 heterocycles. The Hall–Kier alpha value is -2.30. The second-order valence-electron chi connectivity index (χ2n) is 6.32. The molecule has 134 valence electrons. The van der Waals surface area contributed by atoms with Crippen LogP contribution in [-0.4, -0.2) is 62.9 Å². The van der Waals surface area contributed by atoms with Gasteiger partial charge in [0.05, 0.1) is 31.5 Å². The van der Waals surface area contributed by atoms with Gasteiger partial charge in [-0.3, -0.25) is 9.69 Å². The summed E-state index contributed by atoms with van der Waals surface area (Å²) in [5.41, 5.74) is 0.475. The first kappa shape index (κ1) is 17.5. The minimum Gasteiger partial charge on any atom is -0.493 e. The van der Waals surface area contributed by atoms with Crippen LogP contribution in [0.15, 0.2) is 18.2 Å². The van der Waals surface area contributed by atoms with Crippen molar-refractivity contribution >= 4 is 5.91 Å². The van der Waals surface area contributed by atoms with Crippen LogP contribution in [-0.2, 0) is 9.53 Å². The van der Waals surface area contributed by atoms with E-state index >= 15 is 0 Å². The molecule has 2 aliphatic heterocycles. The molecule has 0 unspecified atom stereocenters. The molecular formula is C18H23N3O4. The molecule has 1 amide bonds. The Morgan fingerprint density at radius 3 is 3.16 bits per heavy atom. The summed E-state index contributed by atoms with van der Waals surface area (Å²) < 4.78 is 16.5. The van der Waals surface area contributed by atoms with Gasteiger partial charge in [0.1, 0.15) is 0 Å². The topological polar surface area (TPSA) is 83.8 Å². The van der Waals surface area contributed by atoms with Crippen molar-refractivity contribution in [3.8, 4) is 17.6 Å². The molecule has 0 aromatic heterocycles. The van der Waals surface area contributed by atoms with E-state index < -0.39 is 0 Å². The highest BCUT2D eigenvalue weighted by Crippen LogP contribution is 2.27. The van der Waals surface area contributed by atoms with Crippen LogP contribution in [0.25, 0.3) is 0 Å². The van der Waals surface area contributed by atoms with Crippen LogP contribution in [0.5, 0.6) is 11.5 Å². The van der Waals surface area contributed by atoms with E-state index in [1.54, 1.807) is 18.2 Å². The van der Waals surface area contributed by atoms with Gasteiger partial charge >= 0.3 is 0 Å². The van der Waals surface area contributed by atoms with E-state index in [1.165, 1.54) is 20.0 Å². The average molecular weight is 345 g/mol. The summed E-state index contributed by atoms with van der Waals surface area (Å²) in [6.07, 6.45) is 2.47. The van der Waals surface area contributed by atoms with Crippen LogP contribution < -0.4 is 14.8 Å². The number of carbonyl (C=O) groups excluding carboxylic acids is 1. The number of hydrogen-bond donors (Lipinski definition) is 1. The van der Waals surface area contributed by atoms with Crippen molar-refractivity contribution in [2.24, 2.45) is 0 Å². The maximum atomic E-state index is 12.0. The van der Waals surface area contributed by atoms with Crippen LogP contribution in [0.3, 0.4) is 0 Å². The summed E-state index contributed by atoms with van der Waals surface area (Å²) in [6.45, 7) is 3.12. The Morgan fingerprint density at radius 1 is 1.48 bits per heavy atom. The summed E-state index contributed by atoms with van der Waals surface area (Å²) in [4.78, 5) is 14.5. The van der Waals surface area contributed by atoms with E-state index in [2.05, 4.69) is 10.2 Å². The number of amides is 1. The molecule has 1 aromatic carbocycles. The van der Waals surface area contributed by atoms with Crippen molar-refractivity contribution in [3.63, 3.8) is 0 Å². The number of nitrogens with one attached hydrogen (secondary N) is 1. The highest BCUT2D eigenvalue weighted by atomic mass is 16.5. The molecule has 1 aromatic rings. The molecule has 2 fully saturated rings. The van der Waals surface area contributed by atoms with Crippen LogP contribution in [0.2, 0.25) is 0 Å². The number of methoxy groups -OCH3 is 1. The van der Waals surface area contributed by atoms with Crippen molar-refractivity contribution in [3.05, 3.63) is 23.8 Å². The zero-order valence-corrected chi connectivity index (χ0v) is 14.4. The van der Waals surface area contributed by atoms with Crippen molar-refractivity contribution in [1.82, 2.24) is 10.2 Å². The summed E-state index contributed by atoms with van der Waals surface area (Å²) >= 11 is 0. The van der Waals surface area contributed by atoms with Crippen LogP contribution in [0, 0.1) is 11.3 Å². The minimum atomic E-state index is -0.210. The first-order valence-electron chi connectivity index (χ1n) is 8.53. The van der Waals surface area contributed by atoms with E-state index in [4.69, 9.17) is 19.5 Å². The third-order valence-electron chi connectivity index (χ3n) is 4.64. The minimum absolute atomic E-state index is 0.0303. The summed E-state index contributed by atoms with van der Waals surface area (Å²) in [6, 6.07) is 7.42. The Labute approximate surface area is 147 Å². The molecule has 0 bridgehead atoms. The quantitative estimate of drug-likeness (QED) is 0.826. The van der Waals surface area contributed by atoms with Crippen LogP contribution >= 0.6 is 0 Å². The Balaban J connectivity index is 1.43. The monoisotopic (exact) mass is 345 g/mol. The fourth-order valence-corrected chi connectivity index (χ4v) is 3.29. The number of carbonyl (C=O) groups is 1. The van der Waals surface area contributed by atoms with Gasteiger partial charge in [-0.05, 0) is 31.5 Å². The molecule has 0 radical (unpaired) electrons. The smallest absolute Gasteiger partial charge is 0.258 e. The molecule has 2 atom stereocenters. The van der Waals surface area contributed by atoms with Gasteiger partial charge in [0.2, 0.25) is 0 Å². The molecule has 0 saturated carbocycles. The van der Waals surface area contributed by atoms with Gasteiger partial charge in [-0.2, -0.15) is 5.26 Å². The number of nitrogens with zero attached hydrogens (tertiary/aromatic N) is 2. The lowest BCUT2D eigenvalue weighted by atomic mass is 10.2. The number of nitriles is 1. The predicted molar refractivity (Wildman–Crippen MR) is 90.5 cm³/mol. The van der Waals surface area contributed by atoms with Crippen molar-refractivity contribution in [2.75, 3.05) is 40.0 Å². The Morgan fingerprint density at radius 2 is 2.36 bits per heavy atom. The van der Waals surface area contributed by atoms with E-state index in [9.17, 15) is 4.79 Å². The average Bonchev–Trinajstić information content (AvgIpc) is 3.12. The first-order chi connectivity index (χ1) is 12.2. The number of morpholine rings is 1. The SMILES string of the molecule is COc1cc(C#N)ccc1OCC(=O)NC[C@H]1CN2CCC[C@H]2CO1. The van der Waals surface area contributed by atoms with Gasteiger partial charge in [0.25, 0.3) is 5.91 Å². The summed E-state index contributed by atoms with van der Waals surface area (Å²) in [5, 5.41) is 11.7. The lowest BCUT2D eigenvalue weighted by molar-refractivity contribution is -0.124. The summed E-state index contributed by atoms with van der Waals surface area (Å²) in [5.74, 6) is 0.659. The second-order valence-corrected chi connectivity index (χ2v) is 6.32. The van der Waals surface area contributed by atoms with Crippen molar-refractivity contribution in [1.29, 1.82) is 5.26 Å². The van der Waals surface area contributed by atoms with Crippen LogP contribution in [0.1, 0.15) is 18.4 Å². The number of hydrogen-bond acceptors (Lipinski definition) is 6. The lowest BCUT2D eigenvalue weighted by Crippen LogP contribution is -2.50. The van der Waals surface area contributed by atoms with Gasteiger partial charge in [-0.15, -0.1) is 0 Å². The van der Waals surface area contributed by atoms with E-state index in [0.717, 1.165) is 19.7 Å². The van der Waals surface area contributed by atoms with Crippen molar-refractivity contribution < 1.29 is 19.0 Å². The zero-order valence-electron chi connectivity index (χ0n) is 14.4. The summed E-state index contributed by atoms with van der Waals surface area (Å²) in [7, 11) is 1.50. The number of benzene rings is 1. The molecular weight excluding hydrogens is 322 g/mol. The maximum absolute atomic E-state index is 12.0. The first-order valence-corrected chi connectivity index (χ1v) is 8.53. The largest absolute Gasteiger partial charge is 0.493 e. The predicted octanol–water partition coefficient (Wildman–Crippen LogP) is 0.925. The second kappa shape index (κ2) is 8.19. The highest BCUT2D eigenvalue weighted by Gasteiger charge is 2.32. The molecule has 3 rings (SSSR count). The molecule has 7 nitrogen and oxygen atoms in total. The Kier molecular flexibility index (Phi) is 5.74. The molecule has 0 aliphatic carbocycles. The van der Waals surface area contributed by atoms with Gasteiger partial charge in [0.15, 0.2) is 18.1 Å². The maximum Gasteiger partial charge on any atom is 0.258 e. The zero-order chi connectivity index (χ0) is 17.6. The van der Waals surface area contributed by atoms with Gasteiger partial charge < -0.3 is 19.5 Å². The molecule has 2 saturated heterocycles. The van der Waals surface area contributed by atoms with E-state index in [-0.39, 0.29) is 18.6 Å². The standard InChI is InChI=1S/C18H23N3O4/c1-23-17-7-13(8-19)4-5-16(17)25-12-18(22)20-9-15-10-21-6-2-3-14(21)11-24-15/h4-5,7,14-15H,2-3,6,9-12H2,1H3,(H,20,22)/t14-,15-/m0/s1. The lowest BCUT2D eigenvalue weighted by Gasteiger charge is -2.35. The number of ether oxygens (including phenoxy) is 3. The van der Waals surface area contributed by atoms with Crippen LogP contribution in [0.4, 0.5) is 0 Å². The molecule has 7 heteroatoms. The fraction of sp³-hybridized carbons (Fsp3) is 0.556. The van der Waals surface area contributed by atoms with Gasteiger partial charge in [-0.1, -0.05) is 0 Å². The normalized spacial score (nSPS) is 22.7. The molecule has 0 spiro atoms. The Bertz CT molecular complexity index is 658. The highest BCUT2D eigenvalue weighted by molar-refractivity contribution is 5.77. The fourth-order valence-electron chi connectivity index (χ4n) is 3.29. The molecule has 1 N–H and O–H groups in total. The molecule has 25 heavy (non-hydrogen) atoms. The third-order valence-corrected chi connectivity index (χ3v) is 4.64. The number of fused-ring (bicyclic) bond motifs is 1.